The maximum absolute atomic E-state index is 14.3. The van der Waals surface area contributed by atoms with E-state index in [-0.39, 0.29) is 23.5 Å². The number of hydrogen-bond acceptors (Lipinski definition) is 4. The maximum Gasteiger partial charge on any atom is 0.264 e. The summed E-state index contributed by atoms with van der Waals surface area (Å²) in [6, 6.07) is 24.7. The fourth-order valence-corrected chi connectivity index (χ4v) is 6.09. The minimum Gasteiger partial charge on any atom is -0.354 e. The molecular formula is C34H35F2N3O4S. The van der Waals surface area contributed by atoms with Crippen molar-refractivity contribution in [2.45, 2.75) is 44.2 Å². The van der Waals surface area contributed by atoms with Crippen molar-refractivity contribution < 1.29 is 26.8 Å². The summed E-state index contributed by atoms with van der Waals surface area (Å²) >= 11 is 0. The second kappa shape index (κ2) is 14.7. The Bertz CT molecular complexity index is 1650. The third-order valence-electron chi connectivity index (χ3n) is 7.09. The molecule has 4 aromatic rings. The Morgan fingerprint density at radius 2 is 1.39 bits per heavy atom. The molecule has 0 unspecified atom stereocenters. The van der Waals surface area contributed by atoms with Gasteiger partial charge in [-0.05, 0) is 73.0 Å². The number of rotatable bonds is 13. The summed E-state index contributed by atoms with van der Waals surface area (Å²) in [6.07, 6.45) is 0.839. The van der Waals surface area contributed by atoms with Gasteiger partial charge in [0.1, 0.15) is 24.2 Å². The number of sulfonamides is 1. The van der Waals surface area contributed by atoms with Crippen LogP contribution in [-0.2, 0) is 32.6 Å². The number of carbonyl (C=O) groups excluding carboxylic acids is 2. The van der Waals surface area contributed by atoms with Gasteiger partial charge < -0.3 is 10.2 Å². The highest BCUT2D eigenvalue weighted by Crippen LogP contribution is 2.26. The molecule has 0 aliphatic rings. The first-order chi connectivity index (χ1) is 21.1. The molecule has 2 amide bonds. The molecule has 0 aromatic heterocycles. The van der Waals surface area contributed by atoms with Gasteiger partial charge in [-0.25, -0.2) is 17.2 Å². The van der Waals surface area contributed by atoms with Crippen LogP contribution >= 0.6 is 0 Å². The van der Waals surface area contributed by atoms with Crippen LogP contribution in [0.5, 0.6) is 0 Å². The van der Waals surface area contributed by atoms with Gasteiger partial charge in [0.2, 0.25) is 11.8 Å². The van der Waals surface area contributed by atoms with Crippen molar-refractivity contribution in [1.29, 1.82) is 0 Å². The lowest BCUT2D eigenvalue weighted by Gasteiger charge is -2.34. The Morgan fingerprint density at radius 3 is 1.98 bits per heavy atom. The first-order valence-electron chi connectivity index (χ1n) is 14.3. The van der Waals surface area contributed by atoms with E-state index >= 15 is 0 Å². The van der Waals surface area contributed by atoms with Crippen LogP contribution in [0.25, 0.3) is 0 Å². The van der Waals surface area contributed by atoms with E-state index in [2.05, 4.69) is 5.32 Å². The fraction of sp³-hybridized carbons (Fsp3) is 0.235. The third kappa shape index (κ3) is 8.29. The molecule has 0 radical (unpaired) electrons. The number of carbonyl (C=O) groups is 2. The molecule has 1 N–H and O–H groups in total. The quantitative estimate of drug-likeness (QED) is 0.210. The van der Waals surface area contributed by atoms with Crippen LogP contribution in [0.1, 0.15) is 30.0 Å². The predicted octanol–water partition coefficient (Wildman–Crippen LogP) is 5.63. The highest BCUT2D eigenvalue weighted by atomic mass is 32.2. The molecule has 0 heterocycles. The molecule has 0 spiro atoms. The largest absolute Gasteiger partial charge is 0.354 e. The number of nitrogens with zero attached hydrogens (tertiary/aromatic N) is 2. The SMILES string of the molecule is CCCNC(=O)[C@H](Cc1ccccc1)N(Cc1ccc(F)cc1)C(=O)CN(c1ccc(C)cc1)S(=O)(=O)c1ccc(F)cc1. The molecule has 0 aliphatic carbocycles. The first-order valence-corrected chi connectivity index (χ1v) is 15.7. The van der Waals surface area contributed by atoms with Gasteiger partial charge in [-0.1, -0.05) is 67.1 Å². The minimum absolute atomic E-state index is 0.0749. The predicted molar refractivity (Wildman–Crippen MR) is 166 cm³/mol. The van der Waals surface area contributed by atoms with E-state index in [4.69, 9.17) is 0 Å². The summed E-state index contributed by atoms with van der Waals surface area (Å²) in [5.74, 6) is -2.10. The zero-order valence-electron chi connectivity index (χ0n) is 24.6. The molecule has 0 saturated heterocycles. The van der Waals surface area contributed by atoms with Gasteiger partial charge in [-0.3, -0.25) is 13.9 Å². The van der Waals surface area contributed by atoms with Gasteiger partial charge >= 0.3 is 0 Å². The maximum atomic E-state index is 14.3. The lowest BCUT2D eigenvalue weighted by Crippen LogP contribution is -2.53. The summed E-state index contributed by atoms with van der Waals surface area (Å²) in [5, 5.41) is 2.88. The lowest BCUT2D eigenvalue weighted by molar-refractivity contribution is -0.140. The Hall–Kier alpha value is -4.57. The van der Waals surface area contributed by atoms with E-state index in [1.807, 2.05) is 44.2 Å². The molecule has 0 saturated carbocycles. The average Bonchev–Trinajstić information content (AvgIpc) is 3.02. The normalized spacial score (nSPS) is 11.9. The van der Waals surface area contributed by atoms with Crippen LogP contribution in [-0.4, -0.2) is 44.3 Å². The Morgan fingerprint density at radius 1 is 0.795 bits per heavy atom. The smallest absolute Gasteiger partial charge is 0.264 e. The number of aryl methyl sites for hydroxylation is 1. The van der Waals surface area contributed by atoms with E-state index in [9.17, 15) is 26.8 Å². The number of halogens is 2. The second-order valence-electron chi connectivity index (χ2n) is 10.4. The highest BCUT2D eigenvalue weighted by Gasteiger charge is 2.34. The van der Waals surface area contributed by atoms with Gasteiger partial charge in [0.25, 0.3) is 10.0 Å². The number of amides is 2. The fourth-order valence-electron chi connectivity index (χ4n) is 4.68. The molecule has 1 atom stereocenters. The van der Waals surface area contributed by atoms with Crippen molar-refractivity contribution in [1.82, 2.24) is 10.2 Å². The van der Waals surface area contributed by atoms with Crippen LogP contribution in [0.15, 0.2) is 108 Å². The van der Waals surface area contributed by atoms with Gasteiger partial charge in [0.15, 0.2) is 0 Å². The number of anilines is 1. The van der Waals surface area contributed by atoms with Gasteiger partial charge in [0.05, 0.1) is 10.6 Å². The molecule has 10 heteroatoms. The first kappa shape index (κ1) is 32.3. The second-order valence-corrected chi connectivity index (χ2v) is 12.3. The summed E-state index contributed by atoms with van der Waals surface area (Å²) in [7, 11) is -4.34. The lowest BCUT2D eigenvalue weighted by atomic mass is 10.0. The van der Waals surface area contributed by atoms with Gasteiger partial charge in [-0.2, -0.15) is 0 Å². The zero-order chi connectivity index (χ0) is 31.7. The van der Waals surface area contributed by atoms with Crippen molar-refractivity contribution in [2.75, 3.05) is 17.4 Å². The van der Waals surface area contributed by atoms with Crippen LogP contribution in [0.3, 0.4) is 0 Å². The molecule has 0 aliphatic heterocycles. The topological polar surface area (TPSA) is 86.8 Å². The summed E-state index contributed by atoms with van der Waals surface area (Å²) in [4.78, 5) is 29.1. The number of benzene rings is 4. The van der Waals surface area contributed by atoms with Crippen molar-refractivity contribution in [3.63, 3.8) is 0 Å². The summed E-state index contributed by atoms with van der Waals surface area (Å²) in [5.41, 5.74) is 2.47. The molecule has 44 heavy (non-hydrogen) atoms. The van der Waals surface area contributed by atoms with Crippen molar-refractivity contribution in [3.8, 4) is 0 Å². The molecule has 4 aromatic carbocycles. The molecular weight excluding hydrogens is 584 g/mol. The van der Waals surface area contributed by atoms with E-state index in [0.29, 0.717) is 18.5 Å². The van der Waals surface area contributed by atoms with Crippen LogP contribution < -0.4 is 9.62 Å². The number of hydrogen-bond donors (Lipinski definition) is 1. The molecule has 0 bridgehead atoms. The van der Waals surface area contributed by atoms with Gasteiger partial charge in [-0.15, -0.1) is 0 Å². The summed E-state index contributed by atoms with van der Waals surface area (Å²) < 4.78 is 56.3. The standard InChI is InChI=1S/C34H35F2N3O4S/c1-3-21-37-34(41)32(22-26-7-5-4-6-8-26)38(23-27-11-13-28(35)14-12-27)33(40)24-39(30-17-9-25(2)10-18-30)44(42,43)31-19-15-29(36)16-20-31/h4-20,32H,3,21-24H2,1-2H3,(H,37,41)/t32-/m0/s1. The molecule has 7 nitrogen and oxygen atoms in total. The molecule has 0 fully saturated rings. The zero-order valence-corrected chi connectivity index (χ0v) is 25.4. The Balaban J connectivity index is 1.78. The summed E-state index contributed by atoms with van der Waals surface area (Å²) in [6.45, 7) is 3.43. The third-order valence-corrected chi connectivity index (χ3v) is 8.88. The van der Waals surface area contributed by atoms with E-state index in [1.54, 1.807) is 24.3 Å². The Labute approximate surface area is 257 Å². The van der Waals surface area contributed by atoms with Crippen LogP contribution in [0, 0.1) is 18.6 Å². The Kier molecular flexibility index (Phi) is 10.8. The van der Waals surface area contributed by atoms with Gasteiger partial charge in [0, 0.05) is 19.5 Å². The average molecular weight is 620 g/mol. The van der Waals surface area contributed by atoms with Crippen molar-refractivity contribution >= 4 is 27.5 Å². The minimum atomic E-state index is -4.34. The van der Waals surface area contributed by atoms with E-state index < -0.39 is 46.1 Å². The number of nitrogens with one attached hydrogen (secondary N) is 1. The van der Waals surface area contributed by atoms with E-state index in [1.165, 1.54) is 29.2 Å². The van der Waals surface area contributed by atoms with Crippen LogP contribution in [0.2, 0.25) is 0 Å². The van der Waals surface area contributed by atoms with E-state index in [0.717, 1.165) is 39.7 Å². The van der Waals surface area contributed by atoms with Crippen LogP contribution in [0.4, 0.5) is 14.5 Å². The highest BCUT2D eigenvalue weighted by molar-refractivity contribution is 7.92. The van der Waals surface area contributed by atoms with Crippen molar-refractivity contribution in [3.05, 3.63) is 131 Å². The van der Waals surface area contributed by atoms with Crippen molar-refractivity contribution in [2.24, 2.45) is 0 Å². The molecule has 4 rings (SSSR count). The monoisotopic (exact) mass is 619 g/mol. The molecule has 230 valence electrons.